The molecule has 124 valence electrons. The fourth-order valence-corrected chi connectivity index (χ4v) is 3.13. The Labute approximate surface area is 140 Å². The van der Waals surface area contributed by atoms with Crippen LogP contribution in [0.3, 0.4) is 0 Å². The van der Waals surface area contributed by atoms with Gasteiger partial charge in [0.15, 0.2) is 11.5 Å². The molecule has 0 unspecified atom stereocenters. The summed E-state index contributed by atoms with van der Waals surface area (Å²) in [4.78, 5) is 15.6. The third kappa shape index (κ3) is 3.42. The van der Waals surface area contributed by atoms with Crippen LogP contribution in [-0.2, 0) is 0 Å². The van der Waals surface area contributed by atoms with Gasteiger partial charge in [-0.3, -0.25) is 4.79 Å². The highest BCUT2D eigenvalue weighted by Crippen LogP contribution is 2.38. The molecule has 0 saturated carbocycles. The zero-order chi connectivity index (χ0) is 17.0. The van der Waals surface area contributed by atoms with Crippen LogP contribution in [-0.4, -0.2) is 39.2 Å². The van der Waals surface area contributed by atoms with Crippen LogP contribution in [0.4, 0.5) is 0 Å². The first-order valence-corrected chi connectivity index (χ1v) is 8.02. The van der Waals surface area contributed by atoms with Crippen molar-refractivity contribution in [3.8, 4) is 17.2 Å². The van der Waals surface area contributed by atoms with Gasteiger partial charge < -0.3 is 19.1 Å². The maximum absolute atomic E-state index is 12.8. The molecule has 0 spiro atoms. The van der Waals surface area contributed by atoms with Gasteiger partial charge in [0.25, 0.3) is 5.91 Å². The maximum atomic E-state index is 12.8. The summed E-state index contributed by atoms with van der Waals surface area (Å²) in [6, 6.07) is 7.33. The van der Waals surface area contributed by atoms with Gasteiger partial charge >= 0.3 is 0 Å². The molecule has 2 rings (SSSR count). The summed E-state index contributed by atoms with van der Waals surface area (Å²) in [5.74, 6) is 1.30. The van der Waals surface area contributed by atoms with Crippen LogP contribution >= 0.6 is 11.3 Å². The van der Waals surface area contributed by atoms with Crippen LogP contribution in [0.2, 0.25) is 0 Å². The van der Waals surface area contributed by atoms with Gasteiger partial charge in [-0.05, 0) is 30.5 Å². The minimum Gasteiger partial charge on any atom is -0.493 e. The second kappa shape index (κ2) is 7.37. The molecule has 0 aliphatic rings. The molecule has 23 heavy (non-hydrogen) atoms. The average molecular weight is 335 g/mol. The minimum atomic E-state index is -0.106. The van der Waals surface area contributed by atoms with Crippen molar-refractivity contribution in [2.24, 2.45) is 0 Å². The molecule has 0 saturated heterocycles. The van der Waals surface area contributed by atoms with E-state index in [4.69, 9.17) is 14.2 Å². The first kappa shape index (κ1) is 17.1. The van der Waals surface area contributed by atoms with Crippen molar-refractivity contribution in [2.75, 3.05) is 28.4 Å². The number of carbonyl (C=O) groups is 1. The smallest absolute Gasteiger partial charge is 0.254 e. The van der Waals surface area contributed by atoms with Gasteiger partial charge in [-0.15, -0.1) is 11.3 Å². The van der Waals surface area contributed by atoms with Crippen LogP contribution in [0.1, 0.15) is 28.2 Å². The number of hydrogen-bond acceptors (Lipinski definition) is 5. The average Bonchev–Trinajstić information content (AvgIpc) is 3.12. The lowest BCUT2D eigenvalue weighted by Crippen LogP contribution is -2.29. The summed E-state index contributed by atoms with van der Waals surface area (Å²) in [5, 5.41) is 2.00. The molecule has 1 aromatic heterocycles. The topological polar surface area (TPSA) is 48.0 Å². The van der Waals surface area contributed by atoms with Crippen molar-refractivity contribution in [3.05, 3.63) is 40.1 Å². The Hall–Kier alpha value is -2.21. The fraction of sp³-hybridized carbons (Fsp3) is 0.353. The number of ether oxygens (including phenoxy) is 3. The Kier molecular flexibility index (Phi) is 5.50. The predicted octanol–water partition coefficient (Wildman–Crippen LogP) is 3.61. The molecule has 6 heteroatoms. The Morgan fingerprint density at radius 2 is 1.74 bits per heavy atom. The second-order valence-corrected chi connectivity index (χ2v) is 6.00. The number of methoxy groups -OCH3 is 3. The van der Waals surface area contributed by atoms with Crippen molar-refractivity contribution < 1.29 is 19.0 Å². The number of thiophene rings is 1. The number of carbonyl (C=O) groups excluding carboxylic acids is 1. The summed E-state index contributed by atoms with van der Waals surface area (Å²) in [6.45, 7) is 2.00. The molecule has 1 amide bonds. The van der Waals surface area contributed by atoms with E-state index < -0.39 is 0 Å². The molecule has 0 radical (unpaired) electrons. The molecular weight excluding hydrogens is 314 g/mol. The van der Waals surface area contributed by atoms with Crippen LogP contribution in [0.5, 0.6) is 17.2 Å². The zero-order valence-electron chi connectivity index (χ0n) is 14.0. The van der Waals surface area contributed by atoms with Crippen molar-refractivity contribution >= 4 is 17.2 Å². The predicted molar refractivity (Wildman–Crippen MR) is 90.9 cm³/mol. The molecule has 1 aromatic carbocycles. The van der Waals surface area contributed by atoms with E-state index in [0.29, 0.717) is 22.8 Å². The van der Waals surface area contributed by atoms with Crippen molar-refractivity contribution in [2.45, 2.75) is 13.0 Å². The fourth-order valence-electron chi connectivity index (χ4n) is 2.30. The van der Waals surface area contributed by atoms with Crippen molar-refractivity contribution in [1.82, 2.24) is 4.90 Å². The lowest BCUT2D eigenvalue weighted by Gasteiger charge is -2.25. The van der Waals surface area contributed by atoms with Crippen molar-refractivity contribution in [3.63, 3.8) is 0 Å². The molecular formula is C17H21NO4S. The summed E-state index contributed by atoms with van der Waals surface area (Å²) < 4.78 is 15.9. The van der Waals surface area contributed by atoms with Gasteiger partial charge in [0.2, 0.25) is 5.75 Å². The third-order valence-corrected chi connectivity index (χ3v) is 4.81. The lowest BCUT2D eigenvalue weighted by atomic mass is 10.1. The number of amides is 1. The Morgan fingerprint density at radius 1 is 1.13 bits per heavy atom. The summed E-state index contributed by atoms with van der Waals surface area (Å²) >= 11 is 1.63. The molecule has 2 aromatic rings. The molecule has 0 fully saturated rings. The van der Waals surface area contributed by atoms with Crippen LogP contribution < -0.4 is 14.2 Å². The van der Waals surface area contributed by atoms with Gasteiger partial charge in [-0.25, -0.2) is 0 Å². The number of rotatable bonds is 6. The SMILES string of the molecule is COc1cc(C(=O)N(C)[C@H](C)c2cccs2)cc(OC)c1OC. The zero-order valence-corrected chi connectivity index (χ0v) is 14.8. The molecule has 0 aliphatic heterocycles. The van der Waals surface area contributed by atoms with Crippen LogP contribution in [0, 0.1) is 0 Å². The molecule has 1 atom stereocenters. The van der Waals surface area contributed by atoms with E-state index in [9.17, 15) is 4.79 Å². The third-order valence-electron chi connectivity index (χ3n) is 3.77. The number of benzene rings is 1. The van der Waals surface area contributed by atoms with Crippen LogP contribution in [0.15, 0.2) is 29.6 Å². The highest BCUT2D eigenvalue weighted by atomic mass is 32.1. The monoisotopic (exact) mass is 335 g/mol. The molecule has 1 heterocycles. The molecule has 5 nitrogen and oxygen atoms in total. The van der Waals surface area contributed by atoms with E-state index in [1.807, 2.05) is 24.4 Å². The molecule has 0 aliphatic carbocycles. The van der Waals surface area contributed by atoms with E-state index in [-0.39, 0.29) is 11.9 Å². The van der Waals surface area contributed by atoms with E-state index in [0.717, 1.165) is 4.88 Å². The minimum absolute atomic E-state index is 0.0124. The van der Waals surface area contributed by atoms with Crippen LogP contribution in [0.25, 0.3) is 0 Å². The Balaban J connectivity index is 2.35. The first-order valence-electron chi connectivity index (χ1n) is 7.14. The summed E-state index contributed by atoms with van der Waals surface area (Å²) in [7, 11) is 6.38. The summed E-state index contributed by atoms with van der Waals surface area (Å²) in [5.41, 5.74) is 0.491. The van der Waals surface area contributed by atoms with Crippen molar-refractivity contribution in [1.29, 1.82) is 0 Å². The molecule has 0 bridgehead atoms. The van der Waals surface area contributed by atoms with Gasteiger partial charge in [-0.1, -0.05) is 6.07 Å². The van der Waals surface area contributed by atoms with Gasteiger partial charge in [0.1, 0.15) is 0 Å². The number of hydrogen-bond donors (Lipinski definition) is 0. The number of nitrogens with zero attached hydrogens (tertiary/aromatic N) is 1. The van der Waals surface area contributed by atoms with E-state index in [2.05, 4.69) is 0 Å². The quantitative estimate of drug-likeness (QED) is 0.809. The summed E-state index contributed by atoms with van der Waals surface area (Å²) in [6.07, 6.45) is 0. The largest absolute Gasteiger partial charge is 0.493 e. The van der Waals surface area contributed by atoms with E-state index in [1.165, 1.54) is 21.3 Å². The second-order valence-electron chi connectivity index (χ2n) is 5.02. The van der Waals surface area contributed by atoms with Gasteiger partial charge in [-0.2, -0.15) is 0 Å². The Bertz CT molecular complexity index is 644. The lowest BCUT2D eigenvalue weighted by molar-refractivity contribution is 0.0744. The van der Waals surface area contributed by atoms with Gasteiger partial charge in [0, 0.05) is 17.5 Å². The maximum Gasteiger partial charge on any atom is 0.254 e. The van der Waals surface area contributed by atoms with E-state index >= 15 is 0 Å². The van der Waals surface area contributed by atoms with E-state index in [1.54, 1.807) is 35.4 Å². The standard InChI is InChI=1S/C17H21NO4S/c1-11(15-7-6-8-23-15)18(2)17(19)12-9-13(20-3)16(22-5)14(10-12)21-4/h6-11H,1-5H3/t11-/m1/s1. The molecule has 0 N–H and O–H groups in total. The highest BCUT2D eigenvalue weighted by molar-refractivity contribution is 7.10. The highest BCUT2D eigenvalue weighted by Gasteiger charge is 2.23. The normalized spacial score (nSPS) is 11.7. The Morgan fingerprint density at radius 3 is 2.17 bits per heavy atom. The first-order chi connectivity index (χ1) is 11.0. The van der Waals surface area contributed by atoms with Gasteiger partial charge in [0.05, 0.1) is 27.4 Å².